The number of H-pyrrole nitrogens is 1. The first-order valence-electron chi connectivity index (χ1n) is 8.12. The van der Waals surface area contributed by atoms with Crippen LogP contribution in [0.4, 0.5) is 5.69 Å². The van der Waals surface area contributed by atoms with Gasteiger partial charge in [-0.05, 0) is 54.6 Å². The predicted octanol–water partition coefficient (Wildman–Crippen LogP) is 7.10. The molecule has 0 fully saturated rings. The normalized spacial score (nSPS) is 11.0. The van der Waals surface area contributed by atoms with Crippen molar-refractivity contribution >= 4 is 69.0 Å². The van der Waals surface area contributed by atoms with E-state index in [9.17, 15) is 4.79 Å². The highest BCUT2D eigenvalue weighted by atomic mass is 35.5. The number of anilines is 1. The highest BCUT2D eigenvalue weighted by molar-refractivity contribution is 6.42. The molecule has 1 amide bonds. The third-order valence-corrected chi connectivity index (χ3v) is 5.39. The van der Waals surface area contributed by atoms with Gasteiger partial charge in [0.2, 0.25) is 0 Å². The molecule has 3 aromatic carbocycles. The Balaban J connectivity index is 1.60. The lowest BCUT2D eigenvalue weighted by atomic mass is 10.1. The second-order valence-electron chi connectivity index (χ2n) is 6.02. The molecule has 140 valence electrons. The van der Waals surface area contributed by atoms with Gasteiger partial charge in [0.25, 0.3) is 5.91 Å². The number of rotatable bonds is 3. The van der Waals surface area contributed by atoms with Crippen molar-refractivity contribution in [2.24, 2.45) is 0 Å². The van der Waals surface area contributed by atoms with Gasteiger partial charge in [0, 0.05) is 21.8 Å². The molecule has 4 rings (SSSR count). The van der Waals surface area contributed by atoms with E-state index in [4.69, 9.17) is 46.4 Å². The van der Waals surface area contributed by atoms with Crippen molar-refractivity contribution in [3.63, 3.8) is 0 Å². The summed E-state index contributed by atoms with van der Waals surface area (Å²) >= 11 is 24.3. The van der Waals surface area contributed by atoms with Crippen molar-refractivity contribution in [3.8, 4) is 11.4 Å². The lowest BCUT2D eigenvalue weighted by molar-refractivity contribution is 0.102. The van der Waals surface area contributed by atoms with Crippen molar-refractivity contribution in [1.82, 2.24) is 9.97 Å². The van der Waals surface area contributed by atoms with Gasteiger partial charge in [-0.3, -0.25) is 4.79 Å². The Morgan fingerprint density at radius 3 is 2.43 bits per heavy atom. The molecule has 0 atom stereocenters. The molecule has 28 heavy (non-hydrogen) atoms. The second kappa shape index (κ2) is 7.64. The van der Waals surface area contributed by atoms with E-state index in [0.717, 1.165) is 11.0 Å². The van der Waals surface area contributed by atoms with Crippen molar-refractivity contribution in [2.45, 2.75) is 0 Å². The number of amides is 1. The van der Waals surface area contributed by atoms with Crippen LogP contribution < -0.4 is 5.32 Å². The van der Waals surface area contributed by atoms with Crippen LogP contribution in [0.15, 0.2) is 54.6 Å². The van der Waals surface area contributed by atoms with Gasteiger partial charge in [-0.1, -0.05) is 46.4 Å². The molecule has 0 bridgehead atoms. The molecular formula is C20H11Cl4N3O. The minimum atomic E-state index is -0.319. The average Bonchev–Trinajstić information content (AvgIpc) is 3.06. The SMILES string of the molecule is O=C(Nc1ccc(-c2nc3ccc(Cl)cc3[nH]2)c(Cl)c1)c1ccc(Cl)c(Cl)c1. The second-order valence-corrected chi connectivity index (χ2v) is 7.68. The number of carbonyl (C=O) groups is 1. The third-order valence-electron chi connectivity index (χ3n) is 4.11. The summed E-state index contributed by atoms with van der Waals surface area (Å²) in [6, 6.07) is 15.3. The van der Waals surface area contributed by atoms with Gasteiger partial charge in [-0.25, -0.2) is 4.98 Å². The summed E-state index contributed by atoms with van der Waals surface area (Å²) < 4.78 is 0. The van der Waals surface area contributed by atoms with E-state index in [0.29, 0.717) is 42.7 Å². The molecular weight excluding hydrogens is 440 g/mol. The van der Waals surface area contributed by atoms with Crippen molar-refractivity contribution in [1.29, 1.82) is 0 Å². The van der Waals surface area contributed by atoms with Crippen LogP contribution in [0.2, 0.25) is 20.1 Å². The standard InChI is InChI=1S/C20H11Cl4N3O/c21-11-2-6-17-18(8-11)27-19(26-17)13-4-3-12(9-15(13)23)25-20(28)10-1-5-14(22)16(24)7-10/h1-9H,(H,25,28)(H,26,27). The van der Waals surface area contributed by atoms with E-state index < -0.39 is 0 Å². The number of nitrogens with zero attached hydrogens (tertiary/aromatic N) is 1. The lowest BCUT2D eigenvalue weighted by Crippen LogP contribution is -2.11. The van der Waals surface area contributed by atoms with E-state index in [1.54, 1.807) is 42.5 Å². The van der Waals surface area contributed by atoms with Crippen LogP contribution in [-0.4, -0.2) is 15.9 Å². The fourth-order valence-corrected chi connectivity index (χ4v) is 3.48. The molecule has 0 saturated carbocycles. The first kappa shape index (κ1) is 19.1. The van der Waals surface area contributed by atoms with E-state index in [1.807, 2.05) is 6.07 Å². The molecule has 8 heteroatoms. The first-order valence-corrected chi connectivity index (χ1v) is 9.63. The number of fused-ring (bicyclic) bond motifs is 1. The molecule has 0 aliphatic heterocycles. The Morgan fingerprint density at radius 1 is 0.857 bits per heavy atom. The number of imidazole rings is 1. The molecule has 0 aliphatic carbocycles. The maximum atomic E-state index is 12.4. The van der Waals surface area contributed by atoms with Crippen LogP contribution in [0.3, 0.4) is 0 Å². The number of nitrogens with one attached hydrogen (secondary N) is 2. The third kappa shape index (κ3) is 3.82. The number of aromatic nitrogens is 2. The van der Waals surface area contributed by atoms with Crippen LogP contribution in [0, 0.1) is 0 Å². The zero-order chi connectivity index (χ0) is 19.8. The van der Waals surface area contributed by atoms with E-state index in [1.165, 1.54) is 6.07 Å². The summed E-state index contributed by atoms with van der Waals surface area (Å²) in [7, 11) is 0. The summed E-state index contributed by atoms with van der Waals surface area (Å²) in [4.78, 5) is 20.1. The number of halogens is 4. The van der Waals surface area contributed by atoms with Gasteiger partial charge in [-0.15, -0.1) is 0 Å². The van der Waals surface area contributed by atoms with E-state index in [2.05, 4.69) is 15.3 Å². The van der Waals surface area contributed by atoms with Crippen LogP contribution in [0.1, 0.15) is 10.4 Å². The number of hydrogen-bond donors (Lipinski definition) is 2. The van der Waals surface area contributed by atoms with Crippen molar-refractivity contribution < 1.29 is 4.79 Å². The predicted molar refractivity (Wildman–Crippen MR) is 116 cm³/mol. The fraction of sp³-hybridized carbons (Fsp3) is 0. The zero-order valence-electron chi connectivity index (χ0n) is 14.1. The molecule has 2 N–H and O–H groups in total. The van der Waals surface area contributed by atoms with Gasteiger partial charge in [-0.2, -0.15) is 0 Å². The molecule has 1 aromatic heterocycles. The summed E-state index contributed by atoms with van der Waals surface area (Å²) in [5, 5.41) is 4.55. The smallest absolute Gasteiger partial charge is 0.255 e. The average molecular weight is 451 g/mol. The first-order chi connectivity index (χ1) is 13.4. The molecule has 4 aromatic rings. The molecule has 0 unspecified atom stereocenters. The number of benzene rings is 3. The Labute approximate surface area is 180 Å². The summed E-state index contributed by atoms with van der Waals surface area (Å²) in [6.07, 6.45) is 0. The summed E-state index contributed by atoms with van der Waals surface area (Å²) in [5.41, 5.74) is 3.25. The quantitative estimate of drug-likeness (QED) is 0.349. The van der Waals surface area contributed by atoms with Gasteiger partial charge in [0.1, 0.15) is 5.82 Å². The van der Waals surface area contributed by atoms with Crippen LogP contribution in [-0.2, 0) is 0 Å². The molecule has 0 saturated heterocycles. The van der Waals surface area contributed by atoms with E-state index in [-0.39, 0.29) is 5.91 Å². The Hall–Kier alpha value is -2.24. The van der Waals surface area contributed by atoms with E-state index >= 15 is 0 Å². The molecule has 0 spiro atoms. The zero-order valence-corrected chi connectivity index (χ0v) is 17.1. The number of aromatic amines is 1. The largest absolute Gasteiger partial charge is 0.338 e. The highest BCUT2D eigenvalue weighted by Crippen LogP contribution is 2.31. The van der Waals surface area contributed by atoms with Gasteiger partial charge in [0.15, 0.2) is 0 Å². The summed E-state index contributed by atoms with van der Waals surface area (Å²) in [5.74, 6) is 0.297. The number of carbonyl (C=O) groups excluding carboxylic acids is 1. The minimum Gasteiger partial charge on any atom is -0.338 e. The van der Waals surface area contributed by atoms with Crippen LogP contribution >= 0.6 is 46.4 Å². The van der Waals surface area contributed by atoms with Crippen LogP contribution in [0.25, 0.3) is 22.4 Å². The topological polar surface area (TPSA) is 57.8 Å². The molecule has 0 aliphatic rings. The highest BCUT2D eigenvalue weighted by Gasteiger charge is 2.13. The van der Waals surface area contributed by atoms with Gasteiger partial charge in [0.05, 0.1) is 26.1 Å². The number of hydrogen-bond acceptors (Lipinski definition) is 2. The van der Waals surface area contributed by atoms with Crippen molar-refractivity contribution in [2.75, 3.05) is 5.32 Å². The maximum absolute atomic E-state index is 12.4. The minimum absolute atomic E-state index is 0.313. The Bertz CT molecular complexity index is 1220. The van der Waals surface area contributed by atoms with Gasteiger partial charge >= 0.3 is 0 Å². The van der Waals surface area contributed by atoms with Crippen LogP contribution in [0.5, 0.6) is 0 Å². The fourth-order valence-electron chi connectivity index (χ4n) is 2.73. The monoisotopic (exact) mass is 449 g/mol. The molecule has 0 radical (unpaired) electrons. The van der Waals surface area contributed by atoms with Gasteiger partial charge < -0.3 is 10.3 Å². The molecule has 4 nitrogen and oxygen atoms in total. The Kier molecular flexibility index (Phi) is 5.21. The molecule has 1 heterocycles. The lowest BCUT2D eigenvalue weighted by Gasteiger charge is -2.08. The maximum Gasteiger partial charge on any atom is 0.255 e. The summed E-state index contributed by atoms with van der Waals surface area (Å²) in [6.45, 7) is 0. The van der Waals surface area contributed by atoms with Crippen molar-refractivity contribution in [3.05, 3.63) is 80.3 Å². The Morgan fingerprint density at radius 2 is 1.68 bits per heavy atom.